The number of nitrogen functional groups attached to an aromatic ring is 1. The fourth-order valence-electron chi connectivity index (χ4n) is 3.19. The van der Waals surface area contributed by atoms with Crippen LogP contribution < -0.4 is 15.8 Å². The van der Waals surface area contributed by atoms with E-state index in [0.29, 0.717) is 24.9 Å². The standard InChI is InChI=1S/C17H24N6O2/c1-11-10-13(4-5-15(11)25-3)20-17(24)22-8-6-14(7-9-22)23-16(18)19-12(2)21-23/h4-5,10,14H,6-9H2,1-3H3,(H,20,24)(H2,18,19,21). The van der Waals surface area contributed by atoms with Crippen molar-refractivity contribution in [2.45, 2.75) is 32.7 Å². The third-order valence-electron chi connectivity index (χ3n) is 4.51. The summed E-state index contributed by atoms with van der Waals surface area (Å²) in [6.07, 6.45) is 1.62. The van der Waals surface area contributed by atoms with E-state index in [9.17, 15) is 4.79 Å². The van der Waals surface area contributed by atoms with Crippen molar-refractivity contribution in [1.29, 1.82) is 0 Å². The Balaban J connectivity index is 1.58. The molecule has 1 fully saturated rings. The number of nitrogens with one attached hydrogen (secondary N) is 1. The first-order chi connectivity index (χ1) is 12.0. The van der Waals surface area contributed by atoms with Gasteiger partial charge < -0.3 is 20.7 Å². The van der Waals surface area contributed by atoms with E-state index in [1.165, 1.54) is 0 Å². The molecule has 3 rings (SSSR count). The summed E-state index contributed by atoms with van der Waals surface area (Å²) >= 11 is 0. The van der Waals surface area contributed by atoms with Crippen LogP contribution in [0.2, 0.25) is 0 Å². The van der Waals surface area contributed by atoms with Gasteiger partial charge in [-0.25, -0.2) is 9.48 Å². The van der Waals surface area contributed by atoms with E-state index >= 15 is 0 Å². The molecule has 0 aliphatic carbocycles. The molecule has 1 saturated heterocycles. The maximum absolute atomic E-state index is 12.5. The summed E-state index contributed by atoms with van der Waals surface area (Å²) < 4.78 is 7.01. The molecule has 8 nitrogen and oxygen atoms in total. The Hall–Kier alpha value is -2.77. The van der Waals surface area contributed by atoms with E-state index in [1.807, 2.05) is 36.9 Å². The lowest BCUT2D eigenvalue weighted by Gasteiger charge is -2.32. The van der Waals surface area contributed by atoms with Crippen LogP contribution in [0.15, 0.2) is 18.2 Å². The Kier molecular flexibility index (Phi) is 4.78. The number of methoxy groups -OCH3 is 1. The Morgan fingerprint density at radius 1 is 1.32 bits per heavy atom. The Morgan fingerprint density at radius 2 is 2.04 bits per heavy atom. The minimum absolute atomic E-state index is 0.0919. The lowest BCUT2D eigenvalue weighted by Crippen LogP contribution is -2.41. The van der Waals surface area contributed by atoms with Gasteiger partial charge in [0.25, 0.3) is 0 Å². The third-order valence-corrected chi connectivity index (χ3v) is 4.51. The number of carbonyl (C=O) groups is 1. The molecule has 0 atom stereocenters. The van der Waals surface area contributed by atoms with Crippen molar-refractivity contribution in [3.8, 4) is 5.75 Å². The first-order valence-corrected chi connectivity index (χ1v) is 8.37. The zero-order valence-corrected chi connectivity index (χ0v) is 14.8. The molecule has 0 bridgehead atoms. The highest BCUT2D eigenvalue weighted by Gasteiger charge is 2.26. The zero-order chi connectivity index (χ0) is 18.0. The van der Waals surface area contributed by atoms with Gasteiger partial charge in [0.2, 0.25) is 5.95 Å². The highest BCUT2D eigenvalue weighted by molar-refractivity contribution is 5.89. The average molecular weight is 344 g/mol. The molecule has 134 valence electrons. The first-order valence-electron chi connectivity index (χ1n) is 8.37. The number of hydrogen-bond acceptors (Lipinski definition) is 5. The number of nitrogens with zero attached hydrogens (tertiary/aromatic N) is 4. The molecule has 1 aromatic heterocycles. The maximum atomic E-state index is 12.5. The fraction of sp³-hybridized carbons (Fsp3) is 0.471. The lowest BCUT2D eigenvalue weighted by molar-refractivity contribution is 0.181. The van der Waals surface area contributed by atoms with Crippen molar-refractivity contribution in [1.82, 2.24) is 19.7 Å². The Bertz CT molecular complexity index is 764. The molecule has 0 saturated carbocycles. The molecule has 2 heterocycles. The maximum Gasteiger partial charge on any atom is 0.321 e. The molecule has 0 unspecified atom stereocenters. The topological polar surface area (TPSA) is 98.3 Å². The Morgan fingerprint density at radius 3 is 2.60 bits per heavy atom. The number of urea groups is 1. The van der Waals surface area contributed by atoms with Crippen molar-refractivity contribution in [3.63, 3.8) is 0 Å². The molecule has 2 aromatic rings. The smallest absolute Gasteiger partial charge is 0.321 e. The minimum Gasteiger partial charge on any atom is -0.496 e. The predicted octanol–water partition coefficient (Wildman–Crippen LogP) is 2.35. The number of aryl methyl sites for hydroxylation is 2. The van der Waals surface area contributed by atoms with Crippen LogP contribution in [0.1, 0.15) is 30.3 Å². The summed E-state index contributed by atoms with van der Waals surface area (Å²) in [5.74, 6) is 1.92. The van der Waals surface area contributed by atoms with Crippen molar-refractivity contribution in [2.75, 3.05) is 31.2 Å². The molecular formula is C17H24N6O2. The lowest BCUT2D eigenvalue weighted by atomic mass is 10.1. The van der Waals surface area contributed by atoms with Crippen LogP contribution >= 0.6 is 0 Å². The van der Waals surface area contributed by atoms with Crippen LogP contribution in [0.5, 0.6) is 5.75 Å². The van der Waals surface area contributed by atoms with Gasteiger partial charge in [-0.2, -0.15) is 10.1 Å². The second-order valence-corrected chi connectivity index (χ2v) is 6.29. The number of carbonyl (C=O) groups excluding carboxylic acids is 1. The monoisotopic (exact) mass is 344 g/mol. The number of aromatic nitrogens is 3. The molecule has 8 heteroatoms. The summed E-state index contributed by atoms with van der Waals surface area (Å²) in [5, 5.41) is 7.29. The van der Waals surface area contributed by atoms with Gasteiger partial charge in [0.05, 0.1) is 13.2 Å². The average Bonchev–Trinajstić information content (AvgIpc) is 2.93. The molecule has 3 N–H and O–H groups in total. The summed E-state index contributed by atoms with van der Waals surface area (Å²) in [4.78, 5) is 18.4. The second kappa shape index (κ2) is 7.00. The molecule has 25 heavy (non-hydrogen) atoms. The van der Waals surface area contributed by atoms with Crippen LogP contribution in [-0.4, -0.2) is 45.9 Å². The molecule has 0 spiro atoms. The van der Waals surface area contributed by atoms with Gasteiger partial charge >= 0.3 is 6.03 Å². The first kappa shape index (κ1) is 17.1. The Labute approximate surface area is 147 Å². The van der Waals surface area contributed by atoms with E-state index in [4.69, 9.17) is 10.5 Å². The van der Waals surface area contributed by atoms with E-state index in [2.05, 4.69) is 15.4 Å². The van der Waals surface area contributed by atoms with E-state index in [0.717, 1.165) is 29.8 Å². The number of nitrogens with two attached hydrogens (primary N) is 1. The van der Waals surface area contributed by atoms with Crippen LogP contribution in [-0.2, 0) is 0 Å². The molecule has 1 aliphatic heterocycles. The van der Waals surface area contributed by atoms with Crippen LogP contribution in [0, 0.1) is 13.8 Å². The predicted molar refractivity (Wildman–Crippen MR) is 95.8 cm³/mol. The SMILES string of the molecule is COc1ccc(NC(=O)N2CCC(n3nc(C)nc3N)CC2)cc1C. The number of likely N-dealkylation sites (tertiary alicyclic amines) is 1. The minimum atomic E-state index is -0.0919. The molecule has 0 radical (unpaired) electrons. The fourth-order valence-corrected chi connectivity index (χ4v) is 3.19. The number of piperidine rings is 1. The van der Waals surface area contributed by atoms with Crippen molar-refractivity contribution >= 4 is 17.7 Å². The van der Waals surface area contributed by atoms with Crippen molar-refractivity contribution < 1.29 is 9.53 Å². The number of hydrogen-bond donors (Lipinski definition) is 2. The summed E-state index contributed by atoms with van der Waals surface area (Å²) in [6, 6.07) is 5.70. The number of amides is 2. The normalized spacial score (nSPS) is 15.2. The quantitative estimate of drug-likeness (QED) is 0.890. The van der Waals surface area contributed by atoms with Crippen LogP contribution in [0.4, 0.5) is 16.4 Å². The van der Waals surface area contributed by atoms with Gasteiger partial charge in [0, 0.05) is 18.8 Å². The van der Waals surface area contributed by atoms with Crippen molar-refractivity contribution in [3.05, 3.63) is 29.6 Å². The third kappa shape index (κ3) is 3.67. The van der Waals surface area contributed by atoms with Crippen molar-refractivity contribution in [2.24, 2.45) is 0 Å². The molecular weight excluding hydrogens is 320 g/mol. The molecule has 2 amide bonds. The molecule has 1 aliphatic rings. The summed E-state index contributed by atoms with van der Waals surface area (Å²) in [7, 11) is 1.63. The second-order valence-electron chi connectivity index (χ2n) is 6.29. The largest absolute Gasteiger partial charge is 0.496 e. The summed E-state index contributed by atoms with van der Waals surface area (Å²) in [5.41, 5.74) is 7.64. The van der Waals surface area contributed by atoms with Gasteiger partial charge in [0.1, 0.15) is 11.6 Å². The zero-order valence-electron chi connectivity index (χ0n) is 14.8. The molecule has 1 aromatic carbocycles. The van der Waals surface area contributed by atoms with E-state index in [-0.39, 0.29) is 12.1 Å². The summed E-state index contributed by atoms with van der Waals surface area (Å²) in [6.45, 7) is 5.09. The number of rotatable bonds is 3. The van der Waals surface area contributed by atoms with Crippen LogP contribution in [0.3, 0.4) is 0 Å². The van der Waals surface area contributed by atoms with Gasteiger partial charge in [-0.1, -0.05) is 0 Å². The van der Waals surface area contributed by atoms with Gasteiger partial charge in [-0.3, -0.25) is 0 Å². The highest BCUT2D eigenvalue weighted by Crippen LogP contribution is 2.25. The van der Waals surface area contributed by atoms with Gasteiger partial charge in [0.15, 0.2) is 0 Å². The van der Waals surface area contributed by atoms with Gasteiger partial charge in [-0.05, 0) is 50.5 Å². The van der Waals surface area contributed by atoms with E-state index < -0.39 is 0 Å². The van der Waals surface area contributed by atoms with E-state index in [1.54, 1.807) is 11.8 Å². The highest BCUT2D eigenvalue weighted by atomic mass is 16.5. The number of benzene rings is 1. The number of anilines is 2. The number of ether oxygens (including phenoxy) is 1. The van der Waals surface area contributed by atoms with Crippen LogP contribution in [0.25, 0.3) is 0 Å². The van der Waals surface area contributed by atoms with Gasteiger partial charge in [-0.15, -0.1) is 0 Å².